The van der Waals surface area contributed by atoms with Gasteiger partial charge in [-0.2, -0.15) is 0 Å². The molecule has 0 bridgehead atoms. The van der Waals surface area contributed by atoms with Crippen LogP contribution in [0.5, 0.6) is 5.75 Å². The highest BCUT2D eigenvalue weighted by Gasteiger charge is 2.16. The van der Waals surface area contributed by atoms with Gasteiger partial charge in [0, 0.05) is 11.6 Å². The van der Waals surface area contributed by atoms with Gasteiger partial charge in [0.25, 0.3) is 5.91 Å². The lowest BCUT2D eigenvalue weighted by Crippen LogP contribution is -2.35. The lowest BCUT2D eigenvalue weighted by molar-refractivity contribution is 0.0941. The van der Waals surface area contributed by atoms with Crippen LogP contribution in [0.2, 0.25) is 5.02 Å². The monoisotopic (exact) mass is 268 g/mol. The van der Waals surface area contributed by atoms with E-state index in [4.69, 9.17) is 11.6 Å². The maximum Gasteiger partial charge on any atom is 0.255 e. The molecule has 0 unspecified atom stereocenters. The predicted molar refractivity (Wildman–Crippen MR) is 71.0 cm³/mol. The summed E-state index contributed by atoms with van der Waals surface area (Å²) in [6.45, 7) is 2.67. The van der Waals surface area contributed by atoms with E-state index >= 15 is 0 Å². The van der Waals surface area contributed by atoms with Gasteiger partial charge in [0.1, 0.15) is 5.75 Å². The highest BCUT2D eigenvalue weighted by Crippen LogP contribution is 2.21. The second-order valence-electron chi connectivity index (χ2n) is 4.56. The second kappa shape index (κ2) is 6.07. The molecule has 1 fully saturated rings. The van der Waals surface area contributed by atoms with Crippen molar-refractivity contribution in [3.8, 4) is 5.75 Å². The molecule has 0 atom stereocenters. The lowest BCUT2D eigenvalue weighted by atomic mass is 9.98. The Morgan fingerprint density at radius 3 is 2.83 bits per heavy atom. The molecule has 0 aliphatic carbocycles. The SMILES string of the molecule is O=C(NCC1CCNCC1)c1ccc(Cl)cc1O. The minimum Gasteiger partial charge on any atom is -0.507 e. The Balaban J connectivity index is 1.90. The van der Waals surface area contributed by atoms with Crippen LogP contribution in [-0.4, -0.2) is 30.6 Å². The summed E-state index contributed by atoms with van der Waals surface area (Å²) in [6, 6.07) is 4.51. The van der Waals surface area contributed by atoms with Gasteiger partial charge < -0.3 is 15.7 Å². The number of phenolic OH excluding ortho intramolecular Hbond substituents is 1. The Kier molecular flexibility index (Phi) is 4.44. The first-order valence-electron chi connectivity index (χ1n) is 6.14. The van der Waals surface area contributed by atoms with Crippen molar-refractivity contribution in [2.45, 2.75) is 12.8 Å². The van der Waals surface area contributed by atoms with Crippen molar-refractivity contribution in [2.24, 2.45) is 5.92 Å². The second-order valence-corrected chi connectivity index (χ2v) is 5.00. The summed E-state index contributed by atoms with van der Waals surface area (Å²) in [7, 11) is 0. The third-order valence-electron chi connectivity index (χ3n) is 3.21. The Hall–Kier alpha value is -1.26. The number of carbonyl (C=O) groups is 1. The third kappa shape index (κ3) is 3.37. The molecule has 1 aliphatic rings. The number of aromatic hydroxyl groups is 1. The zero-order valence-corrected chi connectivity index (χ0v) is 10.8. The molecule has 1 aliphatic heterocycles. The Bertz CT molecular complexity index is 431. The van der Waals surface area contributed by atoms with Crippen LogP contribution >= 0.6 is 11.6 Å². The third-order valence-corrected chi connectivity index (χ3v) is 3.45. The van der Waals surface area contributed by atoms with Crippen molar-refractivity contribution in [1.29, 1.82) is 0 Å². The number of nitrogens with one attached hydrogen (secondary N) is 2. The normalized spacial score (nSPS) is 16.5. The van der Waals surface area contributed by atoms with Gasteiger partial charge in [-0.1, -0.05) is 11.6 Å². The molecule has 1 aromatic rings. The zero-order chi connectivity index (χ0) is 13.0. The fraction of sp³-hybridized carbons (Fsp3) is 0.462. The zero-order valence-electron chi connectivity index (χ0n) is 10.1. The number of rotatable bonds is 3. The number of halogens is 1. The molecule has 0 saturated carbocycles. The van der Waals surface area contributed by atoms with Crippen LogP contribution in [0.4, 0.5) is 0 Å². The van der Waals surface area contributed by atoms with Crippen molar-refractivity contribution < 1.29 is 9.90 Å². The van der Waals surface area contributed by atoms with Gasteiger partial charge in [0.15, 0.2) is 0 Å². The van der Waals surface area contributed by atoms with Gasteiger partial charge in [-0.05, 0) is 50.0 Å². The molecular weight excluding hydrogens is 252 g/mol. The van der Waals surface area contributed by atoms with Crippen molar-refractivity contribution in [1.82, 2.24) is 10.6 Å². The van der Waals surface area contributed by atoms with Crippen LogP contribution in [0.3, 0.4) is 0 Å². The molecule has 0 spiro atoms. The first-order valence-corrected chi connectivity index (χ1v) is 6.52. The fourth-order valence-corrected chi connectivity index (χ4v) is 2.28. The van der Waals surface area contributed by atoms with Gasteiger partial charge in [0.2, 0.25) is 0 Å². The molecule has 1 heterocycles. The number of benzene rings is 1. The largest absolute Gasteiger partial charge is 0.507 e. The molecule has 1 amide bonds. The summed E-state index contributed by atoms with van der Waals surface area (Å²) in [5.74, 6) is 0.192. The van der Waals surface area contributed by atoms with E-state index in [1.807, 2.05) is 0 Å². The lowest BCUT2D eigenvalue weighted by Gasteiger charge is -2.22. The highest BCUT2D eigenvalue weighted by atomic mass is 35.5. The molecule has 3 N–H and O–H groups in total. The van der Waals surface area contributed by atoms with Crippen LogP contribution in [0.25, 0.3) is 0 Å². The van der Waals surface area contributed by atoms with Crippen molar-refractivity contribution in [2.75, 3.05) is 19.6 Å². The van der Waals surface area contributed by atoms with E-state index < -0.39 is 0 Å². The molecule has 18 heavy (non-hydrogen) atoms. The van der Waals surface area contributed by atoms with E-state index in [0.29, 0.717) is 17.5 Å². The molecule has 1 saturated heterocycles. The van der Waals surface area contributed by atoms with Gasteiger partial charge in [-0.25, -0.2) is 0 Å². The van der Waals surface area contributed by atoms with E-state index in [9.17, 15) is 9.90 Å². The smallest absolute Gasteiger partial charge is 0.255 e. The quantitative estimate of drug-likeness (QED) is 0.783. The van der Waals surface area contributed by atoms with Crippen LogP contribution in [0.1, 0.15) is 23.2 Å². The van der Waals surface area contributed by atoms with Crippen LogP contribution in [0.15, 0.2) is 18.2 Å². The topological polar surface area (TPSA) is 61.4 Å². The predicted octanol–water partition coefficient (Wildman–Crippen LogP) is 1.77. The van der Waals surface area contributed by atoms with Gasteiger partial charge in [-0.3, -0.25) is 4.79 Å². The Morgan fingerprint density at radius 1 is 1.44 bits per heavy atom. The van der Waals surface area contributed by atoms with Gasteiger partial charge in [-0.15, -0.1) is 0 Å². The standard InChI is InChI=1S/C13H17ClN2O2/c14-10-1-2-11(12(17)7-10)13(18)16-8-9-3-5-15-6-4-9/h1-2,7,9,15,17H,3-6,8H2,(H,16,18). The molecule has 0 radical (unpaired) electrons. The van der Waals surface area contributed by atoms with E-state index in [1.54, 1.807) is 6.07 Å². The van der Waals surface area contributed by atoms with Crippen molar-refractivity contribution in [3.05, 3.63) is 28.8 Å². The van der Waals surface area contributed by atoms with Crippen molar-refractivity contribution in [3.63, 3.8) is 0 Å². The van der Waals surface area contributed by atoms with E-state index in [0.717, 1.165) is 25.9 Å². The molecule has 2 rings (SSSR count). The van der Waals surface area contributed by atoms with Crippen LogP contribution in [0, 0.1) is 5.92 Å². The summed E-state index contributed by atoms with van der Waals surface area (Å²) in [6.07, 6.45) is 2.15. The first kappa shape index (κ1) is 13.2. The maximum absolute atomic E-state index is 11.9. The van der Waals surface area contributed by atoms with Crippen LogP contribution < -0.4 is 10.6 Å². The number of carbonyl (C=O) groups excluding carboxylic acids is 1. The maximum atomic E-state index is 11.9. The number of piperidine rings is 1. The highest BCUT2D eigenvalue weighted by molar-refractivity contribution is 6.30. The first-order chi connectivity index (χ1) is 8.66. The van der Waals surface area contributed by atoms with E-state index in [-0.39, 0.29) is 17.2 Å². The van der Waals surface area contributed by atoms with Gasteiger partial charge in [0.05, 0.1) is 5.56 Å². The number of amides is 1. The van der Waals surface area contributed by atoms with E-state index in [2.05, 4.69) is 10.6 Å². The average molecular weight is 269 g/mol. The molecule has 0 aromatic heterocycles. The molecular formula is C13H17ClN2O2. The Labute approximate surface area is 111 Å². The summed E-state index contributed by atoms with van der Waals surface area (Å²) in [4.78, 5) is 11.9. The average Bonchev–Trinajstić information content (AvgIpc) is 2.37. The minimum absolute atomic E-state index is 0.0784. The minimum atomic E-state index is -0.248. The summed E-state index contributed by atoms with van der Waals surface area (Å²) in [5.41, 5.74) is 0.272. The van der Waals surface area contributed by atoms with Gasteiger partial charge >= 0.3 is 0 Å². The number of hydrogen-bond donors (Lipinski definition) is 3. The van der Waals surface area contributed by atoms with Crippen LogP contribution in [-0.2, 0) is 0 Å². The van der Waals surface area contributed by atoms with Crippen molar-refractivity contribution >= 4 is 17.5 Å². The molecule has 4 nitrogen and oxygen atoms in total. The summed E-state index contributed by atoms with van der Waals surface area (Å²) in [5, 5.41) is 16.2. The number of phenols is 1. The number of hydrogen-bond acceptors (Lipinski definition) is 3. The molecule has 5 heteroatoms. The summed E-state index contributed by atoms with van der Waals surface area (Å²) >= 11 is 5.72. The Morgan fingerprint density at radius 2 is 2.17 bits per heavy atom. The van der Waals surface area contributed by atoms with E-state index in [1.165, 1.54) is 12.1 Å². The molecule has 98 valence electrons. The molecule has 1 aromatic carbocycles. The fourth-order valence-electron chi connectivity index (χ4n) is 2.11. The summed E-state index contributed by atoms with van der Waals surface area (Å²) < 4.78 is 0.